The fourth-order valence-electron chi connectivity index (χ4n) is 2.46. The first kappa shape index (κ1) is 20.2. The largest absolute Gasteiger partial charge is 0.463 e. The molecule has 0 saturated carbocycles. The number of carbonyl (C=O) groups is 1. The van der Waals surface area contributed by atoms with E-state index in [1.807, 2.05) is 24.3 Å². The second-order valence-corrected chi connectivity index (χ2v) is 8.04. The molecule has 0 fully saturated rings. The van der Waals surface area contributed by atoms with Crippen molar-refractivity contribution in [1.82, 2.24) is 4.72 Å². The summed E-state index contributed by atoms with van der Waals surface area (Å²) in [4.78, 5) is 11.4. The van der Waals surface area contributed by atoms with Crippen LogP contribution in [0.3, 0.4) is 0 Å². The molecular weight excluding hydrogens is 356 g/mol. The first-order valence-electron chi connectivity index (χ1n) is 8.19. The molecule has 1 aromatic carbocycles. The zero-order valence-electron chi connectivity index (χ0n) is 15.3. The highest BCUT2D eigenvalue weighted by Gasteiger charge is 2.25. The van der Waals surface area contributed by atoms with E-state index in [-0.39, 0.29) is 23.0 Å². The summed E-state index contributed by atoms with van der Waals surface area (Å²) < 4.78 is 37.1. The predicted octanol–water partition coefficient (Wildman–Crippen LogP) is 2.48. The maximum absolute atomic E-state index is 12.5. The van der Waals surface area contributed by atoms with Gasteiger partial charge in [-0.2, -0.15) is 0 Å². The predicted molar refractivity (Wildman–Crippen MR) is 97.4 cm³/mol. The number of sulfonamides is 1. The number of furan rings is 1. The van der Waals surface area contributed by atoms with Crippen LogP contribution < -0.4 is 10.5 Å². The zero-order chi connectivity index (χ0) is 19.5. The van der Waals surface area contributed by atoms with Crippen LogP contribution in [0.15, 0.2) is 39.6 Å². The molecule has 26 heavy (non-hydrogen) atoms. The van der Waals surface area contributed by atoms with Crippen molar-refractivity contribution in [2.45, 2.75) is 37.6 Å². The molecule has 0 radical (unpaired) electrons. The smallest absolute Gasteiger partial charge is 0.373 e. The van der Waals surface area contributed by atoms with Crippen molar-refractivity contribution in [3.05, 3.63) is 53.0 Å². The number of rotatable bonds is 7. The fraction of sp³-hybridized carbons (Fsp3) is 0.389. The Morgan fingerprint density at radius 3 is 2.35 bits per heavy atom. The minimum absolute atomic E-state index is 0.0154. The Bertz CT molecular complexity index is 869. The average Bonchev–Trinajstić information content (AvgIpc) is 3.01. The molecule has 8 heteroatoms. The van der Waals surface area contributed by atoms with Crippen molar-refractivity contribution in [3.63, 3.8) is 0 Å². The van der Waals surface area contributed by atoms with Crippen molar-refractivity contribution >= 4 is 16.0 Å². The topological polar surface area (TPSA) is 112 Å². The second kappa shape index (κ2) is 8.03. The van der Waals surface area contributed by atoms with Crippen LogP contribution in [0.5, 0.6) is 0 Å². The number of benzene rings is 1. The summed E-state index contributed by atoms with van der Waals surface area (Å²) in [6.45, 7) is 5.67. The highest BCUT2D eigenvalue weighted by molar-refractivity contribution is 7.89. The van der Waals surface area contributed by atoms with Gasteiger partial charge in [-0.25, -0.2) is 17.9 Å². The SMILES string of the molecule is COC(=O)c1cc(S(=O)(=O)NCC(N)c2ccc(C(C)C)cc2)c(C)o1. The molecule has 1 heterocycles. The normalized spacial score (nSPS) is 13.0. The monoisotopic (exact) mass is 380 g/mol. The third-order valence-corrected chi connectivity index (χ3v) is 5.60. The number of carbonyl (C=O) groups excluding carboxylic acids is 1. The van der Waals surface area contributed by atoms with E-state index in [0.717, 1.165) is 11.6 Å². The molecule has 2 aromatic rings. The van der Waals surface area contributed by atoms with Crippen LogP contribution in [0, 0.1) is 6.92 Å². The number of nitrogens with one attached hydrogen (secondary N) is 1. The standard InChI is InChI=1S/C18H24N2O5S/c1-11(2)13-5-7-14(8-6-13)15(19)10-20-26(22,23)17-9-16(18(21)24-4)25-12(17)3/h5-9,11,15,20H,10,19H2,1-4H3. The molecule has 142 valence electrons. The van der Waals surface area contributed by atoms with Gasteiger partial charge in [-0.05, 0) is 24.0 Å². The van der Waals surface area contributed by atoms with Gasteiger partial charge in [0, 0.05) is 18.7 Å². The lowest BCUT2D eigenvalue weighted by Crippen LogP contribution is -2.32. The van der Waals surface area contributed by atoms with Gasteiger partial charge in [0.1, 0.15) is 10.7 Å². The quantitative estimate of drug-likeness (QED) is 0.714. The van der Waals surface area contributed by atoms with Gasteiger partial charge < -0.3 is 14.9 Å². The van der Waals surface area contributed by atoms with E-state index >= 15 is 0 Å². The first-order chi connectivity index (χ1) is 12.2. The van der Waals surface area contributed by atoms with Crippen LogP contribution in [0.25, 0.3) is 0 Å². The lowest BCUT2D eigenvalue weighted by atomic mass is 9.99. The Kier molecular flexibility index (Phi) is 6.22. The van der Waals surface area contributed by atoms with E-state index < -0.39 is 22.0 Å². The van der Waals surface area contributed by atoms with Crippen LogP contribution in [0.2, 0.25) is 0 Å². The van der Waals surface area contributed by atoms with Gasteiger partial charge in [-0.3, -0.25) is 0 Å². The Hall–Kier alpha value is -2.16. The molecule has 0 saturated heterocycles. The summed E-state index contributed by atoms with van der Waals surface area (Å²) in [5.74, 6) is -0.393. The van der Waals surface area contributed by atoms with Crippen LogP contribution in [0.1, 0.15) is 53.2 Å². The van der Waals surface area contributed by atoms with E-state index in [0.29, 0.717) is 5.92 Å². The number of ether oxygens (including phenoxy) is 1. The number of methoxy groups -OCH3 is 1. The van der Waals surface area contributed by atoms with E-state index in [1.54, 1.807) is 0 Å². The zero-order valence-corrected chi connectivity index (χ0v) is 16.1. The van der Waals surface area contributed by atoms with Crippen molar-refractivity contribution in [2.24, 2.45) is 5.73 Å². The van der Waals surface area contributed by atoms with Crippen LogP contribution in [-0.4, -0.2) is 28.0 Å². The Labute approximate surface area is 153 Å². The molecular formula is C18H24N2O5S. The fourth-order valence-corrected chi connectivity index (χ4v) is 3.69. The number of esters is 1. The molecule has 0 amide bonds. The van der Waals surface area contributed by atoms with E-state index in [1.165, 1.54) is 19.6 Å². The minimum Gasteiger partial charge on any atom is -0.463 e. The summed E-state index contributed by atoms with van der Waals surface area (Å²) in [5.41, 5.74) is 8.11. The first-order valence-corrected chi connectivity index (χ1v) is 9.68. The van der Waals surface area contributed by atoms with Crippen molar-refractivity contribution in [1.29, 1.82) is 0 Å². The highest BCUT2D eigenvalue weighted by atomic mass is 32.2. The minimum atomic E-state index is -3.87. The molecule has 0 aliphatic carbocycles. The van der Waals surface area contributed by atoms with Crippen LogP contribution in [0.4, 0.5) is 0 Å². The number of hydrogen-bond acceptors (Lipinski definition) is 6. The second-order valence-electron chi connectivity index (χ2n) is 6.30. The lowest BCUT2D eigenvalue weighted by molar-refractivity contribution is 0.0563. The van der Waals surface area contributed by atoms with Crippen molar-refractivity contribution < 1.29 is 22.4 Å². The third kappa shape index (κ3) is 4.51. The van der Waals surface area contributed by atoms with Gasteiger partial charge in [0.05, 0.1) is 7.11 Å². The summed E-state index contributed by atoms with van der Waals surface area (Å²) in [7, 11) is -2.68. The van der Waals surface area contributed by atoms with Gasteiger partial charge in [-0.1, -0.05) is 38.1 Å². The molecule has 1 unspecified atom stereocenters. The molecule has 3 N–H and O–H groups in total. The maximum Gasteiger partial charge on any atom is 0.373 e. The van der Waals surface area contributed by atoms with Gasteiger partial charge >= 0.3 is 5.97 Å². The molecule has 1 atom stereocenters. The van der Waals surface area contributed by atoms with Crippen molar-refractivity contribution in [2.75, 3.05) is 13.7 Å². The highest BCUT2D eigenvalue weighted by Crippen LogP contribution is 2.21. The van der Waals surface area contributed by atoms with Crippen molar-refractivity contribution in [3.8, 4) is 0 Å². The summed E-state index contributed by atoms with van der Waals surface area (Å²) in [6.07, 6.45) is 0. The third-order valence-electron chi connectivity index (χ3n) is 4.07. The molecule has 0 aliphatic rings. The molecule has 0 aliphatic heterocycles. The van der Waals surface area contributed by atoms with Crippen LogP contribution >= 0.6 is 0 Å². The van der Waals surface area contributed by atoms with Crippen LogP contribution in [-0.2, 0) is 14.8 Å². The Morgan fingerprint density at radius 2 is 1.81 bits per heavy atom. The molecule has 7 nitrogen and oxygen atoms in total. The Balaban J connectivity index is 2.10. The maximum atomic E-state index is 12.5. The van der Waals surface area contributed by atoms with Gasteiger partial charge in [0.2, 0.25) is 15.8 Å². The van der Waals surface area contributed by atoms with E-state index in [4.69, 9.17) is 10.2 Å². The molecule has 1 aromatic heterocycles. The molecule has 0 spiro atoms. The number of hydrogen-bond donors (Lipinski definition) is 2. The summed E-state index contributed by atoms with van der Waals surface area (Å²) >= 11 is 0. The summed E-state index contributed by atoms with van der Waals surface area (Å²) in [6, 6.07) is 8.40. The van der Waals surface area contributed by atoms with E-state index in [9.17, 15) is 13.2 Å². The van der Waals surface area contributed by atoms with Gasteiger partial charge in [0.15, 0.2) is 0 Å². The van der Waals surface area contributed by atoms with E-state index in [2.05, 4.69) is 23.3 Å². The lowest BCUT2D eigenvalue weighted by Gasteiger charge is -2.14. The Morgan fingerprint density at radius 1 is 1.23 bits per heavy atom. The number of nitrogens with two attached hydrogens (primary N) is 1. The van der Waals surface area contributed by atoms with Gasteiger partial charge in [0.25, 0.3) is 0 Å². The molecule has 0 bridgehead atoms. The molecule has 2 rings (SSSR count). The summed E-state index contributed by atoms with van der Waals surface area (Å²) in [5, 5.41) is 0. The number of aryl methyl sites for hydroxylation is 1. The van der Waals surface area contributed by atoms with Gasteiger partial charge in [-0.15, -0.1) is 0 Å². The average molecular weight is 380 g/mol.